The summed E-state index contributed by atoms with van der Waals surface area (Å²) in [6, 6.07) is 15.5. The molecule has 0 saturated carbocycles. The van der Waals surface area contributed by atoms with Crippen molar-refractivity contribution < 1.29 is 14.3 Å². The number of nitrogens with zero attached hydrogens (tertiary/aromatic N) is 5. The number of aryl methyl sites for hydroxylation is 1. The van der Waals surface area contributed by atoms with Gasteiger partial charge in [-0.05, 0) is 36.2 Å². The van der Waals surface area contributed by atoms with Crippen molar-refractivity contribution in [2.75, 3.05) is 33.3 Å². The van der Waals surface area contributed by atoms with Gasteiger partial charge in [-0.15, -0.1) is 0 Å². The van der Waals surface area contributed by atoms with Crippen LogP contribution in [0.1, 0.15) is 27.9 Å². The first-order valence-electron chi connectivity index (χ1n) is 11.3. The van der Waals surface area contributed by atoms with Crippen molar-refractivity contribution in [1.82, 2.24) is 19.4 Å². The third-order valence-electron chi connectivity index (χ3n) is 6.18. The van der Waals surface area contributed by atoms with Gasteiger partial charge in [0.05, 0.1) is 30.8 Å². The highest BCUT2D eigenvalue weighted by atomic mass is 16.6. The SMILES string of the molecule is COc1cccc(C)c1COC(=O)N1CCN(Cc2cncn2Cc2ccc(C#N)cc2)CC1. The van der Waals surface area contributed by atoms with Crippen LogP contribution in [0.25, 0.3) is 0 Å². The first-order chi connectivity index (χ1) is 16.6. The number of hydrogen-bond acceptors (Lipinski definition) is 6. The van der Waals surface area contributed by atoms with Crippen molar-refractivity contribution in [2.24, 2.45) is 0 Å². The van der Waals surface area contributed by atoms with Gasteiger partial charge in [0.25, 0.3) is 0 Å². The molecule has 1 aliphatic rings. The number of methoxy groups -OCH3 is 1. The highest BCUT2D eigenvalue weighted by Gasteiger charge is 2.23. The smallest absolute Gasteiger partial charge is 0.410 e. The summed E-state index contributed by atoms with van der Waals surface area (Å²) in [4.78, 5) is 21.0. The number of imidazole rings is 1. The lowest BCUT2D eigenvalue weighted by Gasteiger charge is -2.34. The number of ether oxygens (including phenoxy) is 2. The number of piperazine rings is 1. The molecule has 176 valence electrons. The topological polar surface area (TPSA) is 83.6 Å². The summed E-state index contributed by atoms with van der Waals surface area (Å²) < 4.78 is 13.1. The maximum atomic E-state index is 12.6. The van der Waals surface area contributed by atoms with Gasteiger partial charge >= 0.3 is 6.09 Å². The molecule has 1 saturated heterocycles. The summed E-state index contributed by atoms with van der Waals surface area (Å²) in [5, 5.41) is 8.97. The number of carbonyl (C=O) groups is 1. The van der Waals surface area contributed by atoms with Gasteiger partial charge in [-0.1, -0.05) is 24.3 Å². The Kier molecular flexibility index (Phi) is 7.45. The largest absolute Gasteiger partial charge is 0.496 e. The molecule has 1 amide bonds. The Labute approximate surface area is 199 Å². The minimum absolute atomic E-state index is 0.198. The van der Waals surface area contributed by atoms with Crippen LogP contribution in [0.2, 0.25) is 0 Å². The fourth-order valence-corrected chi connectivity index (χ4v) is 4.10. The van der Waals surface area contributed by atoms with E-state index in [1.165, 1.54) is 0 Å². The van der Waals surface area contributed by atoms with Crippen molar-refractivity contribution in [3.63, 3.8) is 0 Å². The minimum atomic E-state index is -0.296. The van der Waals surface area contributed by atoms with Gasteiger partial charge in [0.1, 0.15) is 12.4 Å². The summed E-state index contributed by atoms with van der Waals surface area (Å²) in [6.45, 7) is 6.42. The minimum Gasteiger partial charge on any atom is -0.496 e. The summed E-state index contributed by atoms with van der Waals surface area (Å²) in [5.41, 5.74) is 4.83. The Morgan fingerprint density at radius 2 is 1.85 bits per heavy atom. The number of carbonyl (C=O) groups excluding carboxylic acids is 1. The van der Waals surface area contributed by atoms with E-state index >= 15 is 0 Å². The van der Waals surface area contributed by atoms with Crippen molar-refractivity contribution in [2.45, 2.75) is 26.6 Å². The van der Waals surface area contributed by atoms with E-state index in [2.05, 4.69) is 20.5 Å². The van der Waals surface area contributed by atoms with Gasteiger partial charge in [-0.2, -0.15) is 5.26 Å². The third-order valence-corrected chi connectivity index (χ3v) is 6.18. The van der Waals surface area contributed by atoms with Crippen LogP contribution >= 0.6 is 0 Å². The predicted molar refractivity (Wildman–Crippen MR) is 127 cm³/mol. The van der Waals surface area contributed by atoms with Crippen molar-refractivity contribution in [3.05, 3.63) is 82.9 Å². The maximum Gasteiger partial charge on any atom is 0.410 e. The third kappa shape index (κ3) is 5.56. The van der Waals surface area contributed by atoms with E-state index in [4.69, 9.17) is 14.7 Å². The molecule has 0 radical (unpaired) electrons. The summed E-state index contributed by atoms with van der Waals surface area (Å²) in [6.07, 6.45) is 3.43. The van der Waals surface area contributed by atoms with Crippen LogP contribution in [0.15, 0.2) is 55.0 Å². The quantitative estimate of drug-likeness (QED) is 0.537. The Balaban J connectivity index is 1.27. The van der Waals surface area contributed by atoms with Crippen LogP contribution < -0.4 is 4.74 Å². The van der Waals surface area contributed by atoms with Gasteiger partial charge in [0.15, 0.2) is 0 Å². The zero-order chi connectivity index (χ0) is 23.9. The zero-order valence-corrected chi connectivity index (χ0v) is 19.6. The molecular formula is C26H29N5O3. The molecular weight excluding hydrogens is 430 g/mol. The first kappa shape index (κ1) is 23.3. The normalized spacial score (nSPS) is 14.0. The van der Waals surface area contributed by atoms with Gasteiger partial charge in [0, 0.05) is 51.0 Å². The van der Waals surface area contributed by atoms with Crippen molar-refractivity contribution >= 4 is 6.09 Å². The molecule has 2 aromatic carbocycles. The first-order valence-corrected chi connectivity index (χ1v) is 11.3. The second kappa shape index (κ2) is 10.9. The molecule has 0 bridgehead atoms. The Morgan fingerprint density at radius 3 is 2.56 bits per heavy atom. The molecule has 34 heavy (non-hydrogen) atoms. The molecule has 0 spiro atoms. The highest BCUT2D eigenvalue weighted by Crippen LogP contribution is 2.23. The summed E-state index contributed by atoms with van der Waals surface area (Å²) in [5.74, 6) is 0.732. The monoisotopic (exact) mass is 459 g/mol. The van der Waals surface area contributed by atoms with Gasteiger partial charge in [-0.3, -0.25) is 4.90 Å². The Hall–Kier alpha value is -3.83. The van der Waals surface area contributed by atoms with Crippen LogP contribution in [-0.4, -0.2) is 58.7 Å². The molecule has 0 atom stereocenters. The fraction of sp³-hybridized carbons (Fsp3) is 0.346. The van der Waals surface area contributed by atoms with Crippen LogP contribution in [-0.2, 0) is 24.4 Å². The molecule has 2 heterocycles. The lowest BCUT2D eigenvalue weighted by atomic mass is 10.1. The van der Waals surface area contributed by atoms with Crippen LogP contribution in [0, 0.1) is 18.3 Å². The lowest BCUT2D eigenvalue weighted by molar-refractivity contribution is 0.0690. The Bertz CT molecular complexity index is 1160. The molecule has 0 aliphatic carbocycles. The number of benzene rings is 2. The number of aromatic nitrogens is 2. The van der Waals surface area contributed by atoms with E-state index in [9.17, 15) is 4.79 Å². The van der Waals surface area contributed by atoms with Crippen LogP contribution in [0.5, 0.6) is 5.75 Å². The van der Waals surface area contributed by atoms with E-state index in [0.717, 1.165) is 47.8 Å². The number of hydrogen-bond donors (Lipinski definition) is 0. The molecule has 0 unspecified atom stereocenters. The van der Waals surface area contributed by atoms with E-state index in [1.54, 1.807) is 12.0 Å². The molecule has 1 aromatic heterocycles. The molecule has 1 fully saturated rings. The molecule has 8 heteroatoms. The summed E-state index contributed by atoms with van der Waals surface area (Å²) in [7, 11) is 1.62. The van der Waals surface area contributed by atoms with Gasteiger partial charge < -0.3 is 18.9 Å². The van der Waals surface area contributed by atoms with Crippen molar-refractivity contribution in [1.29, 1.82) is 5.26 Å². The molecule has 4 rings (SSSR count). The van der Waals surface area contributed by atoms with E-state index in [-0.39, 0.29) is 12.7 Å². The molecule has 0 N–H and O–H groups in total. The molecule has 8 nitrogen and oxygen atoms in total. The molecule has 3 aromatic rings. The number of rotatable bonds is 7. The standard InChI is InChI=1S/C26H29N5O3/c1-20-4-3-5-25(33-2)24(20)18-34-26(32)30-12-10-29(11-13-30)17-23-15-28-19-31(23)16-22-8-6-21(14-27)7-9-22/h3-9,15,19H,10-13,16-18H2,1-2H3. The van der Waals surface area contributed by atoms with Gasteiger partial charge in [-0.25, -0.2) is 9.78 Å². The Morgan fingerprint density at radius 1 is 1.09 bits per heavy atom. The number of nitriles is 1. The summed E-state index contributed by atoms with van der Waals surface area (Å²) >= 11 is 0. The number of amides is 1. The fourth-order valence-electron chi connectivity index (χ4n) is 4.10. The van der Waals surface area contributed by atoms with Gasteiger partial charge in [0.2, 0.25) is 0 Å². The van der Waals surface area contributed by atoms with Crippen LogP contribution in [0.4, 0.5) is 4.79 Å². The lowest BCUT2D eigenvalue weighted by Crippen LogP contribution is -2.48. The zero-order valence-electron chi connectivity index (χ0n) is 19.6. The highest BCUT2D eigenvalue weighted by molar-refractivity contribution is 5.68. The maximum absolute atomic E-state index is 12.6. The second-order valence-corrected chi connectivity index (χ2v) is 8.40. The van der Waals surface area contributed by atoms with Crippen LogP contribution in [0.3, 0.4) is 0 Å². The predicted octanol–water partition coefficient (Wildman–Crippen LogP) is 3.57. The van der Waals surface area contributed by atoms with E-state index in [1.807, 2.05) is 61.9 Å². The molecule has 1 aliphatic heterocycles. The van der Waals surface area contributed by atoms with Crippen molar-refractivity contribution in [3.8, 4) is 11.8 Å². The average Bonchev–Trinajstić information content (AvgIpc) is 3.30. The van der Waals surface area contributed by atoms with E-state index < -0.39 is 0 Å². The average molecular weight is 460 g/mol. The van der Waals surface area contributed by atoms with E-state index in [0.29, 0.717) is 25.2 Å². The second-order valence-electron chi connectivity index (χ2n) is 8.40.